The molecule has 0 bridgehead atoms. The maximum atomic E-state index is 2.76. The van der Waals surface area contributed by atoms with Gasteiger partial charge < -0.3 is 9.05 Å². The number of hydrogen-bond acceptors (Lipinski definition) is 0. The topological polar surface area (TPSA) is 9.86 Å². The number of nitrogens with zero attached hydrogens (tertiary/aromatic N) is 2. The number of aromatic nitrogens is 2. The van der Waals surface area contributed by atoms with Crippen LogP contribution in [0.15, 0.2) is 84.9 Å². The lowest BCUT2D eigenvalue weighted by molar-refractivity contribution is 0.590. The van der Waals surface area contributed by atoms with Crippen molar-refractivity contribution in [3.8, 4) is 27.9 Å². The molecule has 0 N–H and O–H groups in total. The van der Waals surface area contributed by atoms with Crippen LogP contribution in [-0.2, 0) is 21.7 Å². The van der Waals surface area contributed by atoms with Gasteiger partial charge in [-0.05, 0) is 158 Å². The molecule has 58 heavy (non-hydrogen) atoms. The molecule has 4 heterocycles. The third kappa shape index (κ3) is 5.17. The summed E-state index contributed by atoms with van der Waals surface area (Å²) in [6.07, 6.45) is 0. The highest BCUT2D eigenvalue weighted by Crippen LogP contribution is 2.48. The molecule has 0 saturated carbocycles. The molecular weight excluding hydrogens is 699 g/mol. The second kappa shape index (κ2) is 11.6. The van der Waals surface area contributed by atoms with Crippen LogP contribution in [0.1, 0.15) is 122 Å². The first kappa shape index (κ1) is 37.3. The van der Waals surface area contributed by atoms with Gasteiger partial charge in [0.1, 0.15) is 0 Å². The van der Waals surface area contributed by atoms with Gasteiger partial charge in [-0.2, -0.15) is 0 Å². The predicted octanol–water partition coefficient (Wildman–Crippen LogP) is 13.6. The lowest BCUT2D eigenvalue weighted by atomic mass is 9.45. The van der Waals surface area contributed by atoms with Gasteiger partial charge in [0, 0.05) is 43.8 Å². The van der Waals surface area contributed by atoms with Crippen molar-refractivity contribution in [3.63, 3.8) is 0 Å². The summed E-state index contributed by atoms with van der Waals surface area (Å²) in [6, 6.07) is 34.7. The highest BCUT2D eigenvalue weighted by atomic mass is 15.0. The molecule has 2 nitrogen and oxygen atoms in total. The van der Waals surface area contributed by atoms with Gasteiger partial charge in [-0.15, -0.1) is 0 Å². The molecule has 0 fully saturated rings. The fourth-order valence-electron chi connectivity index (χ4n) is 10.6. The van der Waals surface area contributed by atoms with E-state index in [9.17, 15) is 0 Å². The molecule has 292 valence electrons. The Bertz CT molecular complexity index is 3090. The molecule has 0 unspecified atom stereocenters. The predicted molar refractivity (Wildman–Crippen MR) is 254 cm³/mol. The molecule has 2 aromatic heterocycles. The quantitative estimate of drug-likeness (QED) is 0.148. The van der Waals surface area contributed by atoms with Crippen molar-refractivity contribution in [1.29, 1.82) is 0 Å². The largest absolute Gasteiger partial charge is 0.375 e. The van der Waals surface area contributed by atoms with E-state index in [0.29, 0.717) is 0 Å². The van der Waals surface area contributed by atoms with E-state index < -0.39 is 0 Å². The molecule has 0 amide bonds. The van der Waals surface area contributed by atoms with Crippen molar-refractivity contribution in [2.75, 3.05) is 0 Å². The van der Waals surface area contributed by atoms with Crippen molar-refractivity contribution in [3.05, 3.63) is 124 Å². The van der Waals surface area contributed by atoms with Crippen LogP contribution < -0.4 is 10.9 Å². The Morgan fingerprint density at radius 3 is 1.52 bits per heavy atom. The summed E-state index contributed by atoms with van der Waals surface area (Å²) in [5, 5.41) is 5.44. The molecule has 2 aliphatic rings. The molecule has 0 atom stereocenters. The minimum Gasteiger partial charge on any atom is -0.375 e. The first-order valence-corrected chi connectivity index (χ1v) is 21.5. The van der Waals surface area contributed by atoms with E-state index in [1.165, 1.54) is 121 Å². The van der Waals surface area contributed by atoms with E-state index in [0.717, 1.165) is 0 Å². The first-order valence-electron chi connectivity index (χ1n) is 21.5. The summed E-state index contributed by atoms with van der Waals surface area (Å²) in [7, 11) is 0. The van der Waals surface area contributed by atoms with Crippen LogP contribution in [0.3, 0.4) is 0 Å². The molecule has 0 saturated heterocycles. The van der Waals surface area contributed by atoms with Gasteiger partial charge in [0.25, 0.3) is 0 Å². The molecule has 6 aromatic carbocycles. The van der Waals surface area contributed by atoms with Crippen molar-refractivity contribution in [2.45, 2.75) is 126 Å². The SMILES string of the molecule is Cc1cc(C)c(-c2cc3c4c(c2)-n2c5ccc(C(C)(C)C)cc5c5cc(C(C)(C)C)cc(c52)B4n2c4ccc(C(C)(C)C)cc4c4cc(C(C)(C)C)cc-3c42)c(C)c1. The summed E-state index contributed by atoms with van der Waals surface area (Å²) in [6.45, 7) is 35.1. The Hall–Kier alpha value is -5.02. The van der Waals surface area contributed by atoms with Gasteiger partial charge in [-0.3, -0.25) is 0 Å². The maximum absolute atomic E-state index is 2.76. The number of aryl methyl sites for hydroxylation is 3. The van der Waals surface area contributed by atoms with Gasteiger partial charge in [0.2, 0.25) is 0 Å². The third-order valence-corrected chi connectivity index (χ3v) is 13.7. The molecule has 10 rings (SSSR count). The summed E-state index contributed by atoms with van der Waals surface area (Å²) >= 11 is 0. The Morgan fingerprint density at radius 1 is 0.448 bits per heavy atom. The second-order valence-corrected chi connectivity index (χ2v) is 22.2. The zero-order valence-electron chi connectivity index (χ0n) is 37.6. The lowest BCUT2D eigenvalue weighted by Crippen LogP contribution is -2.55. The van der Waals surface area contributed by atoms with Crippen molar-refractivity contribution in [1.82, 2.24) is 9.05 Å². The van der Waals surface area contributed by atoms with Gasteiger partial charge in [0.05, 0.1) is 11.0 Å². The van der Waals surface area contributed by atoms with Crippen LogP contribution in [0.4, 0.5) is 0 Å². The minimum absolute atomic E-state index is 0.0106. The smallest absolute Gasteiger partial charge is 0.333 e. The Kier molecular flexibility index (Phi) is 7.45. The Labute approximate surface area is 346 Å². The molecule has 2 aliphatic heterocycles. The molecule has 0 spiro atoms. The van der Waals surface area contributed by atoms with E-state index in [4.69, 9.17) is 0 Å². The van der Waals surface area contributed by atoms with Crippen LogP contribution in [0.2, 0.25) is 0 Å². The molecule has 0 radical (unpaired) electrons. The molecule has 3 heteroatoms. The summed E-state index contributed by atoms with van der Waals surface area (Å²) in [4.78, 5) is 0. The molecule has 8 aromatic rings. The van der Waals surface area contributed by atoms with Gasteiger partial charge in [-0.1, -0.05) is 119 Å². The molecular formula is C55H59BN2. The van der Waals surface area contributed by atoms with Crippen LogP contribution in [0, 0.1) is 20.8 Å². The van der Waals surface area contributed by atoms with Crippen LogP contribution in [0.25, 0.3) is 71.6 Å². The van der Waals surface area contributed by atoms with Crippen molar-refractivity contribution < 1.29 is 0 Å². The number of fused-ring (bicyclic) bond motifs is 10. The van der Waals surface area contributed by atoms with Gasteiger partial charge in [0.15, 0.2) is 0 Å². The monoisotopic (exact) mass is 758 g/mol. The zero-order chi connectivity index (χ0) is 41.3. The fraction of sp³-hybridized carbons (Fsp3) is 0.345. The van der Waals surface area contributed by atoms with Crippen LogP contribution in [0.5, 0.6) is 0 Å². The lowest BCUT2D eigenvalue weighted by Gasteiger charge is -2.36. The van der Waals surface area contributed by atoms with Gasteiger partial charge >= 0.3 is 6.85 Å². The Morgan fingerprint density at radius 2 is 0.948 bits per heavy atom. The van der Waals surface area contributed by atoms with E-state index in [-0.39, 0.29) is 28.5 Å². The Balaban J connectivity index is 1.47. The average molecular weight is 759 g/mol. The fourth-order valence-corrected chi connectivity index (χ4v) is 10.6. The summed E-state index contributed by atoms with van der Waals surface area (Å²) in [5.41, 5.74) is 24.3. The third-order valence-electron chi connectivity index (χ3n) is 13.7. The summed E-state index contributed by atoms with van der Waals surface area (Å²) in [5.74, 6) is 0. The van der Waals surface area contributed by atoms with E-state index in [1.54, 1.807) is 0 Å². The van der Waals surface area contributed by atoms with E-state index in [1.807, 2.05) is 0 Å². The number of rotatable bonds is 1. The first-order chi connectivity index (χ1) is 27.0. The second-order valence-electron chi connectivity index (χ2n) is 22.2. The highest BCUT2D eigenvalue weighted by Gasteiger charge is 2.43. The van der Waals surface area contributed by atoms with Gasteiger partial charge in [-0.25, -0.2) is 0 Å². The van der Waals surface area contributed by atoms with Crippen molar-refractivity contribution >= 4 is 61.4 Å². The highest BCUT2D eigenvalue weighted by molar-refractivity contribution is 6.90. The van der Waals surface area contributed by atoms with E-state index in [2.05, 4.69) is 198 Å². The normalized spacial score (nSPS) is 14.1. The number of hydrogen-bond donors (Lipinski definition) is 0. The number of benzene rings is 6. The van der Waals surface area contributed by atoms with E-state index >= 15 is 0 Å². The average Bonchev–Trinajstić information content (AvgIpc) is 3.62. The van der Waals surface area contributed by atoms with Crippen molar-refractivity contribution in [2.24, 2.45) is 0 Å². The molecule has 0 aliphatic carbocycles. The van der Waals surface area contributed by atoms with Crippen LogP contribution in [-0.4, -0.2) is 15.9 Å². The summed E-state index contributed by atoms with van der Waals surface area (Å²) < 4.78 is 5.42. The zero-order valence-corrected chi connectivity index (χ0v) is 37.6. The minimum atomic E-state index is -0.0297. The van der Waals surface area contributed by atoms with Crippen LogP contribution >= 0.6 is 0 Å². The standard InChI is InChI=1S/C55H59BN2/c1-30-20-31(2)48(32(3)21-30)33-22-40-43-27-36(54(10,11)12)26-41-39-25-35(53(7,8)9)17-19-46(39)58(50(41)43)56-44-29-37(55(13,14)15)28-42-38-24-34(52(4,5)6)16-18-45(38)57(51(42)44)47(23-33)49(40)56/h16-29H,1-15H3. The maximum Gasteiger partial charge on any atom is 0.333 e.